The number of benzene rings is 1. The third-order valence-electron chi connectivity index (χ3n) is 2.43. The Morgan fingerprint density at radius 3 is 2.52 bits per heavy atom. The van der Waals surface area contributed by atoms with Crippen molar-refractivity contribution in [2.75, 3.05) is 5.32 Å². The van der Waals surface area contributed by atoms with Gasteiger partial charge in [0.05, 0.1) is 5.69 Å². The summed E-state index contributed by atoms with van der Waals surface area (Å²) >= 11 is 3.10. The quantitative estimate of drug-likeness (QED) is 0.617. The Hall–Kier alpha value is -2.16. The lowest BCUT2D eigenvalue weighted by Crippen LogP contribution is -2.43. The van der Waals surface area contributed by atoms with Gasteiger partial charge in [-0.2, -0.15) is 0 Å². The number of carboxylic acid groups (broad SMARTS) is 2. The molecule has 0 aliphatic carbocycles. The fourth-order valence-corrected chi connectivity index (χ4v) is 1.78. The van der Waals surface area contributed by atoms with Gasteiger partial charge in [-0.1, -0.05) is 0 Å². The van der Waals surface area contributed by atoms with Crippen LogP contribution in [0.2, 0.25) is 0 Å². The molecule has 0 saturated heterocycles. The predicted molar refractivity (Wildman–Crippen MR) is 74.5 cm³/mol. The largest absolute Gasteiger partial charge is 0.481 e. The zero-order valence-corrected chi connectivity index (χ0v) is 12.2. The molecule has 1 rings (SSSR count). The lowest BCUT2D eigenvalue weighted by Gasteiger charge is -2.15. The van der Waals surface area contributed by atoms with E-state index in [1.54, 1.807) is 0 Å². The van der Waals surface area contributed by atoms with Gasteiger partial charge in [0, 0.05) is 10.9 Å². The maximum atomic E-state index is 13.0. The number of carbonyl (C=O) groups excluding carboxylic acids is 1. The van der Waals surface area contributed by atoms with Crippen LogP contribution in [0.5, 0.6) is 0 Å². The highest BCUT2D eigenvalue weighted by Crippen LogP contribution is 2.22. The van der Waals surface area contributed by atoms with Crippen molar-refractivity contribution in [3.63, 3.8) is 0 Å². The van der Waals surface area contributed by atoms with E-state index in [2.05, 4.69) is 26.6 Å². The molecule has 0 radical (unpaired) electrons. The van der Waals surface area contributed by atoms with Crippen LogP contribution in [0.4, 0.5) is 14.9 Å². The number of carbonyl (C=O) groups is 3. The number of halogens is 2. The molecule has 0 aliphatic rings. The van der Waals surface area contributed by atoms with Crippen molar-refractivity contribution in [1.29, 1.82) is 0 Å². The molecule has 1 aromatic rings. The molecule has 2 amide bonds. The average Bonchev–Trinajstić information content (AvgIpc) is 2.38. The minimum Gasteiger partial charge on any atom is -0.481 e. The highest BCUT2D eigenvalue weighted by Gasteiger charge is 2.21. The molecule has 0 saturated carbocycles. The van der Waals surface area contributed by atoms with Crippen LogP contribution in [-0.2, 0) is 9.59 Å². The van der Waals surface area contributed by atoms with Crippen LogP contribution in [0, 0.1) is 5.82 Å². The highest BCUT2D eigenvalue weighted by atomic mass is 79.9. The van der Waals surface area contributed by atoms with E-state index in [-0.39, 0.29) is 12.1 Å². The number of rotatable bonds is 6. The van der Waals surface area contributed by atoms with E-state index in [1.807, 2.05) is 0 Å². The van der Waals surface area contributed by atoms with Gasteiger partial charge in [0.15, 0.2) is 0 Å². The Morgan fingerprint density at radius 1 is 1.29 bits per heavy atom. The summed E-state index contributed by atoms with van der Waals surface area (Å²) in [6.07, 6.45) is -0.663. The van der Waals surface area contributed by atoms with Crippen LogP contribution >= 0.6 is 15.9 Å². The molecule has 1 atom stereocenters. The molecule has 4 N–H and O–H groups in total. The maximum Gasteiger partial charge on any atom is 0.326 e. The summed E-state index contributed by atoms with van der Waals surface area (Å²) in [5.74, 6) is -3.10. The van der Waals surface area contributed by atoms with Crippen LogP contribution in [-0.4, -0.2) is 34.2 Å². The van der Waals surface area contributed by atoms with Gasteiger partial charge in [-0.25, -0.2) is 14.0 Å². The van der Waals surface area contributed by atoms with E-state index in [0.29, 0.717) is 4.47 Å². The SMILES string of the molecule is O=C(O)CCC(NC(=O)Nc1cc(F)ccc1Br)C(=O)O. The predicted octanol–water partition coefficient (Wildman–Crippen LogP) is 2.03. The van der Waals surface area contributed by atoms with Crippen LogP contribution in [0.3, 0.4) is 0 Å². The molecule has 1 aromatic carbocycles. The molecule has 21 heavy (non-hydrogen) atoms. The lowest BCUT2D eigenvalue weighted by molar-refractivity contribution is -0.140. The minimum absolute atomic E-state index is 0.120. The first-order valence-corrected chi connectivity index (χ1v) is 6.56. The molecule has 9 heteroatoms. The molecular formula is C12H12BrFN2O5. The highest BCUT2D eigenvalue weighted by molar-refractivity contribution is 9.10. The van der Waals surface area contributed by atoms with Gasteiger partial charge in [0.2, 0.25) is 0 Å². The van der Waals surface area contributed by atoms with Crippen LogP contribution < -0.4 is 10.6 Å². The summed E-state index contributed by atoms with van der Waals surface area (Å²) in [4.78, 5) is 33.0. The van der Waals surface area contributed by atoms with Gasteiger partial charge < -0.3 is 20.8 Å². The van der Waals surface area contributed by atoms with Crippen molar-refractivity contribution in [3.8, 4) is 0 Å². The van der Waals surface area contributed by atoms with E-state index in [1.165, 1.54) is 12.1 Å². The first kappa shape index (κ1) is 16.9. The number of amides is 2. The second-order valence-corrected chi connectivity index (χ2v) is 4.90. The van der Waals surface area contributed by atoms with E-state index in [4.69, 9.17) is 10.2 Å². The summed E-state index contributed by atoms with van der Waals surface area (Å²) in [6, 6.07) is 1.38. The van der Waals surface area contributed by atoms with Crippen molar-refractivity contribution in [2.45, 2.75) is 18.9 Å². The standard InChI is InChI=1S/C12H12BrFN2O5/c13-7-2-1-6(14)5-9(7)16-12(21)15-8(11(19)20)3-4-10(17)18/h1-2,5,8H,3-4H2,(H,17,18)(H,19,20)(H2,15,16,21). The molecular weight excluding hydrogens is 351 g/mol. The molecule has 0 heterocycles. The summed E-state index contributed by atoms with van der Waals surface area (Å²) in [5.41, 5.74) is 0.120. The third kappa shape index (κ3) is 5.78. The second kappa shape index (κ2) is 7.58. The smallest absolute Gasteiger partial charge is 0.326 e. The summed E-state index contributed by atoms with van der Waals surface area (Å²) in [6.45, 7) is 0. The van der Waals surface area contributed by atoms with Gasteiger partial charge in [-0.15, -0.1) is 0 Å². The molecule has 0 bridgehead atoms. The van der Waals surface area contributed by atoms with Crippen molar-refractivity contribution in [1.82, 2.24) is 5.32 Å². The molecule has 114 valence electrons. The Balaban J connectivity index is 2.67. The molecule has 0 spiro atoms. The monoisotopic (exact) mass is 362 g/mol. The minimum atomic E-state index is -1.36. The normalized spacial score (nSPS) is 11.5. The number of aliphatic carboxylic acids is 2. The fourth-order valence-electron chi connectivity index (χ4n) is 1.44. The fraction of sp³-hybridized carbons (Fsp3) is 0.250. The van der Waals surface area contributed by atoms with Gasteiger partial charge in [0.25, 0.3) is 0 Å². The van der Waals surface area contributed by atoms with Crippen LogP contribution in [0.15, 0.2) is 22.7 Å². The number of nitrogens with one attached hydrogen (secondary N) is 2. The first-order chi connectivity index (χ1) is 9.79. The maximum absolute atomic E-state index is 13.0. The van der Waals surface area contributed by atoms with E-state index < -0.39 is 36.2 Å². The van der Waals surface area contributed by atoms with Crippen molar-refractivity contribution >= 4 is 39.6 Å². The Labute approximate surface area is 127 Å². The number of urea groups is 1. The van der Waals surface area contributed by atoms with E-state index in [9.17, 15) is 18.8 Å². The lowest BCUT2D eigenvalue weighted by atomic mass is 10.1. The second-order valence-electron chi connectivity index (χ2n) is 4.05. The molecule has 7 nitrogen and oxygen atoms in total. The van der Waals surface area contributed by atoms with Crippen molar-refractivity contribution in [2.24, 2.45) is 0 Å². The Morgan fingerprint density at radius 2 is 1.95 bits per heavy atom. The van der Waals surface area contributed by atoms with Crippen molar-refractivity contribution < 1.29 is 29.0 Å². The van der Waals surface area contributed by atoms with Crippen molar-refractivity contribution in [3.05, 3.63) is 28.5 Å². The molecule has 0 fully saturated rings. The van der Waals surface area contributed by atoms with E-state index >= 15 is 0 Å². The van der Waals surface area contributed by atoms with Gasteiger partial charge >= 0.3 is 18.0 Å². The van der Waals surface area contributed by atoms with Crippen LogP contribution in [0.1, 0.15) is 12.8 Å². The van der Waals surface area contributed by atoms with Gasteiger partial charge in [-0.05, 0) is 40.5 Å². The topological polar surface area (TPSA) is 116 Å². The van der Waals surface area contributed by atoms with Gasteiger partial charge in [0.1, 0.15) is 11.9 Å². The number of anilines is 1. The summed E-state index contributed by atoms with van der Waals surface area (Å²) in [7, 11) is 0. The number of hydrogen-bond acceptors (Lipinski definition) is 3. The molecule has 0 aromatic heterocycles. The number of hydrogen-bond donors (Lipinski definition) is 4. The van der Waals surface area contributed by atoms with E-state index in [0.717, 1.165) is 6.07 Å². The average molecular weight is 363 g/mol. The Bertz CT molecular complexity index is 567. The first-order valence-electron chi connectivity index (χ1n) is 5.76. The van der Waals surface area contributed by atoms with Gasteiger partial charge in [-0.3, -0.25) is 4.79 Å². The summed E-state index contributed by atoms with van der Waals surface area (Å²) < 4.78 is 13.5. The zero-order valence-electron chi connectivity index (χ0n) is 10.6. The third-order valence-corrected chi connectivity index (χ3v) is 3.12. The number of carboxylic acids is 2. The zero-order chi connectivity index (χ0) is 16.0. The molecule has 1 unspecified atom stereocenters. The summed E-state index contributed by atoms with van der Waals surface area (Å²) in [5, 5.41) is 21.8. The molecule has 0 aliphatic heterocycles. The Kier molecular flexibility index (Phi) is 6.10. The van der Waals surface area contributed by atoms with Crippen LogP contribution in [0.25, 0.3) is 0 Å².